The first kappa shape index (κ1) is 97.2. The smallest absolute Gasteiger partial charge is 0.462 e. The van der Waals surface area contributed by atoms with Gasteiger partial charge in [-0.05, 0) is 148 Å². The summed E-state index contributed by atoms with van der Waals surface area (Å²) >= 11 is 0. The molecule has 0 aromatic carbocycles. The van der Waals surface area contributed by atoms with Crippen LogP contribution in [0.2, 0.25) is 0 Å². The second kappa shape index (κ2) is 74.5. The monoisotopic (exact) mass is 1470 g/mol. The third-order valence-corrected chi connectivity index (χ3v) is 18.0. The highest BCUT2D eigenvalue weighted by Crippen LogP contribution is 2.45. The van der Waals surface area contributed by atoms with E-state index in [9.17, 15) is 43.2 Å². The van der Waals surface area contributed by atoms with Gasteiger partial charge in [-0.3, -0.25) is 37.3 Å². The Balaban J connectivity index is 5.43. The molecule has 19 heteroatoms. The lowest BCUT2D eigenvalue weighted by atomic mass is 10.1. The fraction of sp³-hybridized carbons (Fsp3) is 0.687. The van der Waals surface area contributed by atoms with Crippen LogP contribution >= 0.6 is 15.6 Å². The first-order valence-electron chi connectivity index (χ1n) is 39.4. The Hall–Kier alpha value is -4.80. The number of unbranched alkanes of at least 4 members (excludes halogenated alkanes) is 26. The van der Waals surface area contributed by atoms with Crippen molar-refractivity contribution in [2.24, 2.45) is 0 Å². The van der Waals surface area contributed by atoms with E-state index in [4.69, 9.17) is 37.0 Å². The van der Waals surface area contributed by atoms with Gasteiger partial charge in [-0.15, -0.1) is 0 Å². The number of phosphoric ester groups is 2. The molecule has 0 saturated heterocycles. The zero-order valence-corrected chi connectivity index (χ0v) is 65.5. The predicted octanol–water partition coefficient (Wildman–Crippen LogP) is 22.9. The Morgan fingerprint density at radius 3 is 0.902 bits per heavy atom. The number of carbonyl (C=O) groups excluding carboxylic acids is 4. The van der Waals surface area contributed by atoms with Gasteiger partial charge < -0.3 is 33.8 Å². The normalized spacial score (nSPS) is 14.6. The average Bonchev–Trinajstić information content (AvgIpc) is 0.919. The van der Waals surface area contributed by atoms with Gasteiger partial charge in [0.2, 0.25) is 0 Å². The maximum atomic E-state index is 13.1. The van der Waals surface area contributed by atoms with Gasteiger partial charge in [-0.2, -0.15) is 0 Å². The maximum absolute atomic E-state index is 13.1. The first-order chi connectivity index (χ1) is 49.7. The molecule has 0 aliphatic carbocycles. The van der Waals surface area contributed by atoms with E-state index in [1.54, 1.807) is 6.08 Å². The third-order valence-electron chi connectivity index (χ3n) is 16.1. The van der Waals surface area contributed by atoms with Crippen molar-refractivity contribution in [2.75, 3.05) is 39.6 Å². The van der Waals surface area contributed by atoms with Crippen molar-refractivity contribution in [1.82, 2.24) is 0 Å². The number of allylic oxidation sites excluding steroid dienone is 21. The quantitative estimate of drug-likeness (QED) is 0.0169. The number of aliphatic hydroxyl groups excluding tert-OH is 1. The van der Waals surface area contributed by atoms with E-state index >= 15 is 0 Å². The van der Waals surface area contributed by atoms with E-state index in [0.717, 1.165) is 167 Å². The Morgan fingerprint density at radius 2 is 0.549 bits per heavy atom. The van der Waals surface area contributed by atoms with Crippen LogP contribution in [0.4, 0.5) is 0 Å². The molecular weight excluding hydrogens is 1330 g/mol. The van der Waals surface area contributed by atoms with Gasteiger partial charge in [0, 0.05) is 19.3 Å². The van der Waals surface area contributed by atoms with Crippen molar-refractivity contribution in [3.63, 3.8) is 0 Å². The molecule has 0 radical (unpaired) electrons. The minimum Gasteiger partial charge on any atom is -0.462 e. The molecule has 3 N–H and O–H groups in total. The molecule has 584 valence electrons. The zero-order chi connectivity index (χ0) is 74.6. The average molecular weight is 1470 g/mol. The molecule has 0 amide bonds. The van der Waals surface area contributed by atoms with Crippen LogP contribution in [0.25, 0.3) is 0 Å². The lowest BCUT2D eigenvalue weighted by molar-refractivity contribution is -0.161. The number of hydrogen-bond donors (Lipinski definition) is 3. The molecule has 5 unspecified atom stereocenters. The molecule has 0 rings (SSSR count). The number of aliphatic hydroxyl groups is 1. The standard InChI is InChI=1S/C83H140O17P2/c1-5-9-13-17-21-25-29-33-36-37-38-39-42-45-48-52-56-60-64-68-81(86)94-73-78(99-82(87)69-65-61-57-53-49-43-32-28-24-20-16-12-8-4)75-97-101(89,90)95-71-77(84)72-96-102(91,92)98-76-79(100-83(88)70-66-62-58-54-50-46-41-35-31-27-23-19-15-11-7-3)74-93-80(85)67-63-59-55-51-47-44-40-34-30-26-22-18-14-10-6-2/h10,14,21-23,25-28,32-36,38-41,47,51,59,63,77-79,84H,5-9,11-13,15-20,24,29-31,37,42-46,48-50,52-58,60-62,64-76H2,1-4H3,(H,89,90)(H,91,92)/b14-10-,25-21-,26-22-,27-23-,32-28-,36-33-,39-38-,40-34-,41-35-,51-47-,63-59-. The fourth-order valence-electron chi connectivity index (χ4n) is 10.1. The molecule has 0 aliphatic heterocycles. The second-order valence-corrected chi connectivity index (χ2v) is 28.8. The Labute approximate surface area is 618 Å². The second-order valence-electron chi connectivity index (χ2n) is 25.9. The highest BCUT2D eigenvalue weighted by atomic mass is 31.2. The fourth-order valence-corrected chi connectivity index (χ4v) is 11.7. The molecule has 102 heavy (non-hydrogen) atoms. The van der Waals surface area contributed by atoms with Crippen molar-refractivity contribution in [3.8, 4) is 0 Å². The summed E-state index contributed by atoms with van der Waals surface area (Å²) in [5.74, 6) is -2.36. The maximum Gasteiger partial charge on any atom is 0.472 e. The number of phosphoric acid groups is 2. The number of ether oxygens (including phenoxy) is 4. The van der Waals surface area contributed by atoms with Gasteiger partial charge in [0.25, 0.3) is 0 Å². The van der Waals surface area contributed by atoms with Gasteiger partial charge in [0.1, 0.15) is 19.3 Å². The van der Waals surface area contributed by atoms with E-state index in [2.05, 4.69) is 137 Å². The minimum atomic E-state index is -5.00. The summed E-state index contributed by atoms with van der Waals surface area (Å²) in [7, 11) is -9.99. The van der Waals surface area contributed by atoms with Crippen LogP contribution in [0, 0.1) is 0 Å². The summed E-state index contributed by atoms with van der Waals surface area (Å²) in [5, 5.41) is 10.6. The van der Waals surface area contributed by atoms with Crippen LogP contribution in [0.1, 0.15) is 310 Å². The van der Waals surface area contributed by atoms with Crippen LogP contribution in [0.15, 0.2) is 134 Å². The largest absolute Gasteiger partial charge is 0.472 e. The minimum absolute atomic E-state index is 0.0564. The van der Waals surface area contributed by atoms with Crippen molar-refractivity contribution < 1.29 is 80.2 Å². The highest BCUT2D eigenvalue weighted by molar-refractivity contribution is 7.47. The Kier molecular flexibility index (Phi) is 71.0. The van der Waals surface area contributed by atoms with Gasteiger partial charge >= 0.3 is 39.5 Å². The van der Waals surface area contributed by atoms with Crippen molar-refractivity contribution >= 4 is 39.5 Å². The molecule has 0 spiro atoms. The van der Waals surface area contributed by atoms with Crippen LogP contribution < -0.4 is 0 Å². The van der Waals surface area contributed by atoms with E-state index in [1.165, 1.54) is 64.2 Å². The van der Waals surface area contributed by atoms with Gasteiger partial charge in [0.05, 0.1) is 32.8 Å². The SMILES string of the molecule is CC/C=C\C/C=C\C/C=C\C/C=C\C/C=C\CC(=O)OCC(COP(=O)(O)OCC(O)COP(=O)(O)OCC(COC(=O)CCCCCCCC/C=C\C/C=C\C/C=C\CCCCC)OC(=O)CCCCCCC/C=C\CCCCCC)OC(=O)CCCCCCC/C=C\C/C=C\CCCCC. The van der Waals surface area contributed by atoms with Crippen molar-refractivity contribution in [3.05, 3.63) is 134 Å². The first-order valence-corrected chi connectivity index (χ1v) is 42.4. The Morgan fingerprint density at radius 1 is 0.294 bits per heavy atom. The molecule has 0 fully saturated rings. The molecule has 0 aromatic heterocycles. The molecular formula is C83H140O17P2. The predicted molar refractivity (Wildman–Crippen MR) is 418 cm³/mol. The van der Waals surface area contributed by atoms with Crippen molar-refractivity contribution in [2.45, 2.75) is 329 Å². The van der Waals surface area contributed by atoms with E-state index in [0.29, 0.717) is 25.7 Å². The Bertz CT molecular complexity index is 2460. The molecule has 5 atom stereocenters. The summed E-state index contributed by atoms with van der Waals surface area (Å²) in [6.07, 6.45) is 83.2. The third kappa shape index (κ3) is 73.5. The molecule has 0 bridgehead atoms. The molecule has 17 nitrogen and oxygen atoms in total. The lowest BCUT2D eigenvalue weighted by Gasteiger charge is -2.21. The van der Waals surface area contributed by atoms with Crippen LogP contribution in [0.3, 0.4) is 0 Å². The highest BCUT2D eigenvalue weighted by Gasteiger charge is 2.30. The molecule has 0 aromatic rings. The molecule has 0 aliphatic rings. The summed E-state index contributed by atoms with van der Waals surface area (Å²) in [6, 6.07) is 0. The number of hydrogen-bond acceptors (Lipinski definition) is 15. The number of rotatable bonds is 73. The molecule has 0 heterocycles. The summed E-state index contributed by atoms with van der Waals surface area (Å²) < 4.78 is 68.4. The van der Waals surface area contributed by atoms with Gasteiger partial charge in [0.15, 0.2) is 12.2 Å². The topological polar surface area (TPSA) is 237 Å². The van der Waals surface area contributed by atoms with Crippen LogP contribution in [-0.4, -0.2) is 96.7 Å². The molecule has 0 saturated carbocycles. The zero-order valence-electron chi connectivity index (χ0n) is 63.7. The number of carbonyl (C=O) groups is 4. The van der Waals surface area contributed by atoms with Gasteiger partial charge in [-0.25, -0.2) is 9.13 Å². The summed E-state index contributed by atoms with van der Waals surface area (Å²) in [6.45, 7) is 4.54. The summed E-state index contributed by atoms with van der Waals surface area (Å²) in [5.41, 5.74) is 0. The van der Waals surface area contributed by atoms with Gasteiger partial charge in [-0.1, -0.05) is 271 Å². The van der Waals surface area contributed by atoms with Crippen LogP contribution in [0.5, 0.6) is 0 Å². The van der Waals surface area contributed by atoms with E-state index < -0.39 is 97.5 Å². The summed E-state index contributed by atoms with van der Waals surface area (Å²) in [4.78, 5) is 72.9. The van der Waals surface area contributed by atoms with E-state index in [-0.39, 0.29) is 25.7 Å². The van der Waals surface area contributed by atoms with Crippen LogP contribution in [-0.2, 0) is 65.4 Å². The van der Waals surface area contributed by atoms with E-state index in [1.807, 2.05) is 18.2 Å². The lowest BCUT2D eigenvalue weighted by Crippen LogP contribution is -2.30. The number of esters is 4. The van der Waals surface area contributed by atoms with Crippen molar-refractivity contribution in [1.29, 1.82) is 0 Å².